The molecule has 7 heteroatoms. The van der Waals surface area contributed by atoms with E-state index >= 15 is 0 Å². The molecule has 0 saturated heterocycles. The first-order chi connectivity index (χ1) is 7.68. The first-order valence-corrected chi connectivity index (χ1v) is 5.80. The van der Waals surface area contributed by atoms with Gasteiger partial charge in [0, 0.05) is 4.88 Å². The van der Waals surface area contributed by atoms with Gasteiger partial charge in [0.05, 0.1) is 29.6 Å². The van der Waals surface area contributed by atoms with Gasteiger partial charge >= 0.3 is 0 Å². The molecule has 0 aromatic carbocycles. The largest absolute Gasteiger partial charge is 0.377 e. The minimum absolute atomic E-state index is 0.122. The van der Waals surface area contributed by atoms with Gasteiger partial charge in [-0.3, -0.25) is 4.79 Å². The van der Waals surface area contributed by atoms with E-state index in [-0.39, 0.29) is 5.02 Å². The zero-order valence-electron chi connectivity index (χ0n) is 8.45. The number of nitrogens with one attached hydrogen (secondary N) is 2. The second-order valence-electron chi connectivity index (χ2n) is 3.14. The maximum atomic E-state index is 11.2. The van der Waals surface area contributed by atoms with E-state index in [0.29, 0.717) is 12.2 Å². The Morgan fingerprint density at radius 1 is 1.62 bits per heavy atom. The van der Waals surface area contributed by atoms with Crippen LogP contribution in [-0.2, 0) is 6.54 Å². The Labute approximate surface area is 101 Å². The number of nitrogens with zero attached hydrogens (tertiary/aromatic N) is 2. The maximum Gasteiger partial charge on any atom is 0.285 e. The first kappa shape index (κ1) is 11.1. The van der Waals surface area contributed by atoms with Crippen LogP contribution in [0.15, 0.2) is 16.5 Å². The Kier molecular flexibility index (Phi) is 3.21. The van der Waals surface area contributed by atoms with Crippen molar-refractivity contribution in [1.82, 2.24) is 15.2 Å². The van der Waals surface area contributed by atoms with Crippen molar-refractivity contribution in [2.75, 3.05) is 5.32 Å². The molecule has 0 bridgehead atoms. The number of hydrogen-bond acceptors (Lipinski definition) is 5. The minimum atomic E-state index is -0.396. The summed E-state index contributed by atoms with van der Waals surface area (Å²) in [6.07, 6.45) is 1.49. The number of aromatic nitrogens is 3. The molecule has 16 heavy (non-hydrogen) atoms. The van der Waals surface area contributed by atoms with Gasteiger partial charge in [-0.15, -0.1) is 11.3 Å². The lowest BCUT2D eigenvalue weighted by atomic mass is 10.3. The molecule has 2 aromatic rings. The fourth-order valence-electron chi connectivity index (χ4n) is 1.18. The van der Waals surface area contributed by atoms with Crippen LogP contribution in [0, 0.1) is 6.92 Å². The summed E-state index contributed by atoms with van der Waals surface area (Å²) in [5, 5.41) is 9.10. The fourth-order valence-corrected chi connectivity index (χ4v) is 2.05. The predicted octanol–water partition coefficient (Wildman–Crippen LogP) is 1.80. The monoisotopic (exact) mass is 256 g/mol. The summed E-state index contributed by atoms with van der Waals surface area (Å²) in [5.41, 5.74) is 2.89. The normalized spacial score (nSPS) is 10.4. The molecule has 0 fully saturated rings. The molecular weight excluding hydrogens is 248 g/mol. The lowest BCUT2D eigenvalue weighted by Gasteiger charge is -2.05. The zero-order valence-corrected chi connectivity index (χ0v) is 10.0. The molecule has 0 saturated carbocycles. The van der Waals surface area contributed by atoms with Crippen LogP contribution in [0.3, 0.4) is 0 Å². The van der Waals surface area contributed by atoms with Crippen molar-refractivity contribution in [1.29, 1.82) is 0 Å². The second kappa shape index (κ2) is 4.63. The molecule has 0 aliphatic heterocycles. The van der Waals surface area contributed by atoms with Crippen LogP contribution >= 0.6 is 22.9 Å². The van der Waals surface area contributed by atoms with Crippen LogP contribution in [0.5, 0.6) is 0 Å². The molecule has 0 amide bonds. The zero-order chi connectivity index (χ0) is 11.5. The van der Waals surface area contributed by atoms with E-state index in [0.717, 1.165) is 10.6 Å². The van der Waals surface area contributed by atoms with E-state index in [1.807, 2.05) is 6.92 Å². The van der Waals surface area contributed by atoms with Crippen LogP contribution in [-0.4, -0.2) is 15.2 Å². The molecule has 2 heterocycles. The Bertz CT molecular complexity index is 550. The number of rotatable bonds is 3. The SMILES string of the molecule is Cc1ncsc1CNc1cn[nH]c(=O)c1Cl. The van der Waals surface area contributed by atoms with Crippen molar-refractivity contribution in [2.24, 2.45) is 0 Å². The average Bonchev–Trinajstić information content (AvgIpc) is 2.67. The average molecular weight is 257 g/mol. The summed E-state index contributed by atoms with van der Waals surface area (Å²) in [6.45, 7) is 2.52. The van der Waals surface area contributed by atoms with Crippen LogP contribution in [0.1, 0.15) is 10.6 Å². The van der Waals surface area contributed by atoms with Crippen LogP contribution < -0.4 is 10.9 Å². The lowest BCUT2D eigenvalue weighted by molar-refractivity contribution is 0.981. The molecule has 84 valence electrons. The summed E-state index contributed by atoms with van der Waals surface area (Å²) in [5.74, 6) is 0. The van der Waals surface area contributed by atoms with Crippen LogP contribution in [0.4, 0.5) is 5.69 Å². The van der Waals surface area contributed by atoms with E-state index in [2.05, 4.69) is 20.5 Å². The third-order valence-electron chi connectivity index (χ3n) is 2.08. The Balaban J connectivity index is 2.14. The molecule has 2 N–H and O–H groups in total. The smallest absolute Gasteiger partial charge is 0.285 e. The van der Waals surface area contributed by atoms with Crippen molar-refractivity contribution < 1.29 is 0 Å². The summed E-state index contributed by atoms with van der Waals surface area (Å²) < 4.78 is 0. The minimum Gasteiger partial charge on any atom is -0.377 e. The van der Waals surface area contributed by atoms with Crippen molar-refractivity contribution in [3.8, 4) is 0 Å². The van der Waals surface area contributed by atoms with E-state index in [1.54, 1.807) is 16.8 Å². The second-order valence-corrected chi connectivity index (χ2v) is 4.46. The van der Waals surface area contributed by atoms with Crippen LogP contribution in [0.2, 0.25) is 5.02 Å². The highest BCUT2D eigenvalue weighted by molar-refractivity contribution is 7.09. The highest BCUT2D eigenvalue weighted by Crippen LogP contribution is 2.18. The molecule has 0 aliphatic carbocycles. The molecule has 0 radical (unpaired) electrons. The van der Waals surface area contributed by atoms with Gasteiger partial charge in [0.2, 0.25) is 0 Å². The van der Waals surface area contributed by atoms with Crippen molar-refractivity contribution >= 4 is 28.6 Å². The van der Waals surface area contributed by atoms with Gasteiger partial charge in [0.25, 0.3) is 5.56 Å². The number of thiazole rings is 1. The molecule has 0 spiro atoms. The van der Waals surface area contributed by atoms with Gasteiger partial charge in [-0.05, 0) is 6.92 Å². The molecule has 0 unspecified atom stereocenters. The van der Waals surface area contributed by atoms with Gasteiger partial charge in [0.1, 0.15) is 5.02 Å². The molecule has 2 rings (SSSR count). The standard InChI is InChI=1S/C9H9ClN4OS/c1-5-7(16-4-12-5)3-11-6-2-13-14-9(15)8(6)10/h2,4H,3H2,1H3,(H2,11,14,15). The molecule has 2 aromatic heterocycles. The number of aryl methyl sites for hydroxylation is 1. The van der Waals surface area contributed by atoms with Gasteiger partial charge in [-0.2, -0.15) is 5.10 Å². The highest BCUT2D eigenvalue weighted by atomic mass is 35.5. The number of aromatic amines is 1. The van der Waals surface area contributed by atoms with E-state index in [9.17, 15) is 4.79 Å². The molecular formula is C9H9ClN4OS. The van der Waals surface area contributed by atoms with Gasteiger partial charge in [-0.25, -0.2) is 10.1 Å². The molecule has 0 atom stereocenters. The number of anilines is 1. The van der Waals surface area contributed by atoms with Crippen molar-refractivity contribution in [3.05, 3.63) is 37.7 Å². The third kappa shape index (κ3) is 2.23. The summed E-state index contributed by atoms with van der Waals surface area (Å²) >= 11 is 7.37. The Hall–Kier alpha value is -1.40. The highest BCUT2D eigenvalue weighted by Gasteiger charge is 2.06. The Morgan fingerprint density at radius 2 is 2.44 bits per heavy atom. The lowest BCUT2D eigenvalue weighted by Crippen LogP contribution is -2.11. The number of hydrogen-bond donors (Lipinski definition) is 2. The number of H-pyrrole nitrogens is 1. The quantitative estimate of drug-likeness (QED) is 0.879. The topological polar surface area (TPSA) is 70.7 Å². The van der Waals surface area contributed by atoms with Gasteiger partial charge < -0.3 is 5.32 Å². The van der Waals surface area contributed by atoms with Gasteiger partial charge in [0.15, 0.2) is 0 Å². The Morgan fingerprint density at radius 3 is 3.12 bits per heavy atom. The summed E-state index contributed by atoms with van der Waals surface area (Å²) in [6, 6.07) is 0. The van der Waals surface area contributed by atoms with Gasteiger partial charge in [-0.1, -0.05) is 11.6 Å². The number of halogens is 1. The third-order valence-corrected chi connectivity index (χ3v) is 3.39. The molecule has 5 nitrogen and oxygen atoms in total. The van der Waals surface area contributed by atoms with Crippen molar-refractivity contribution in [2.45, 2.75) is 13.5 Å². The van der Waals surface area contributed by atoms with E-state index in [4.69, 9.17) is 11.6 Å². The predicted molar refractivity (Wildman–Crippen MR) is 64.0 cm³/mol. The van der Waals surface area contributed by atoms with Crippen LogP contribution in [0.25, 0.3) is 0 Å². The summed E-state index contributed by atoms with van der Waals surface area (Å²) in [4.78, 5) is 16.4. The van der Waals surface area contributed by atoms with Crippen molar-refractivity contribution in [3.63, 3.8) is 0 Å². The molecule has 0 aliphatic rings. The first-order valence-electron chi connectivity index (χ1n) is 4.54. The van der Waals surface area contributed by atoms with E-state index in [1.165, 1.54) is 6.20 Å². The summed E-state index contributed by atoms with van der Waals surface area (Å²) in [7, 11) is 0. The fraction of sp³-hybridized carbons (Fsp3) is 0.222. The maximum absolute atomic E-state index is 11.2. The van der Waals surface area contributed by atoms with E-state index < -0.39 is 5.56 Å².